The van der Waals surface area contributed by atoms with Gasteiger partial charge in [0.15, 0.2) is 0 Å². The highest BCUT2D eigenvalue weighted by Crippen LogP contribution is 2.30. The molecule has 0 spiro atoms. The maximum absolute atomic E-state index is 9.87. The van der Waals surface area contributed by atoms with Crippen molar-refractivity contribution in [2.75, 3.05) is 5.43 Å². The molecule has 3 rings (SSSR count). The van der Waals surface area contributed by atoms with Crippen molar-refractivity contribution < 1.29 is 5.11 Å². The highest BCUT2D eigenvalue weighted by molar-refractivity contribution is 9.10. The van der Waals surface area contributed by atoms with Gasteiger partial charge in [0.05, 0.1) is 16.9 Å². The number of hydrogen-bond acceptors (Lipinski definition) is 5. The predicted molar refractivity (Wildman–Crippen MR) is 105 cm³/mol. The zero-order chi connectivity index (χ0) is 17.1. The van der Waals surface area contributed by atoms with E-state index in [2.05, 4.69) is 31.4 Å². The Morgan fingerprint density at radius 2 is 1.96 bits per heavy atom. The van der Waals surface area contributed by atoms with Crippen molar-refractivity contribution in [3.63, 3.8) is 0 Å². The molecule has 2 N–H and O–H groups in total. The van der Waals surface area contributed by atoms with E-state index in [1.165, 1.54) is 23.6 Å². The molecular weight excluding hydrogens is 433 g/mol. The maximum Gasteiger partial charge on any atom is 0.203 e. The van der Waals surface area contributed by atoms with Gasteiger partial charge in [0.25, 0.3) is 0 Å². The Balaban J connectivity index is 1.73. The molecule has 3 aromatic rings. The highest BCUT2D eigenvalue weighted by Gasteiger charge is 2.06. The number of nitrogens with zero attached hydrogens (tertiary/aromatic N) is 2. The number of phenols is 1. The lowest BCUT2D eigenvalue weighted by Gasteiger charge is -2.02. The molecule has 0 saturated carbocycles. The fourth-order valence-corrected chi connectivity index (χ4v) is 3.36. The van der Waals surface area contributed by atoms with E-state index in [1.54, 1.807) is 6.07 Å². The molecule has 0 aliphatic carbocycles. The zero-order valence-electron chi connectivity index (χ0n) is 12.0. The van der Waals surface area contributed by atoms with Crippen LogP contribution < -0.4 is 5.43 Å². The predicted octanol–water partition coefficient (Wildman–Crippen LogP) is 6.03. The minimum absolute atomic E-state index is 0.0682. The average Bonchev–Trinajstić information content (AvgIpc) is 3.01. The van der Waals surface area contributed by atoms with Gasteiger partial charge in [-0.3, -0.25) is 5.43 Å². The zero-order valence-corrected chi connectivity index (χ0v) is 15.9. The Morgan fingerprint density at radius 1 is 1.21 bits per heavy atom. The largest absolute Gasteiger partial charge is 0.506 e. The molecule has 4 nitrogen and oxygen atoms in total. The summed E-state index contributed by atoms with van der Waals surface area (Å²) in [6.45, 7) is 0. The van der Waals surface area contributed by atoms with Gasteiger partial charge in [-0.25, -0.2) is 4.98 Å². The van der Waals surface area contributed by atoms with Crippen LogP contribution in [0.4, 0.5) is 5.13 Å². The first-order valence-electron chi connectivity index (χ1n) is 6.71. The number of rotatable bonds is 4. The molecule has 0 aliphatic heterocycles. The van der Waals surface area contributed by atoms with Crippen LogP contribution in [0.2, 0.25) is 10.0 Å². The summed E-state index contributed by atoms with van der Waals surface area (Å²) < 4.78 is 1.02. The number of halogens is 3. The van der Waals surface area contributed by atoms with E-state index < -0.39 is 0 Å². The van der Waals surface area contributed by atoms with E-state index in [9.17, 15) is 5.11 Å². The molecule has 0 aliphatic rings. The first kappa shape index (κ1) is 17.2. The Kier molecular flexibility index (Phi) is 5.40. The number of anilines is 1. The number of phenolic OH excluding ortho intramolecular Hbond substituents is 1. The summed E-state index contributed by atoms with van der Waals surface area (Å²) in [6.07, 6.45) is 1.44. The second-order valence-corrected chi connectivity index (χ2v) is 7.36. The number of thiazole rings is 1. The number of aromatic hydroxyl groups is 1. The number of benzene rings is 2. The van der Waals surface area contributed by atoms with Gasteiger partial charge in [-0.15, -0.1) is 11.3 Å². The number of aromatic nitrogens is 1. The highest BCUT2D eigenvalue weighted by atomic mass is 79.9. The van der Waals surface area contributed by atoms with E-state index in [0.717, 1.165) is 15.7 Å². The molecule has 0 radical (unpaired) electrons. The van der Waals surface area contributed by atoms with E-state index >= 15 is 0 Å². The molecule has 1 aromatic heterocycles. The molecule has 2 aromatic carbocycles. The third kappa shape index (κ3) is 4.08. The second-order valence-electron chi connectivity index (χ2n) is 4.74. The average molecular weight is 443 g/mol. The number of hydrazone groups is 1. The Bertz CT molecular complexity index is 897. The summed E-state index contributed by atoms with van der Waals surface area (Å²) >= 11 is 16.6. The van der Waals surface area contributed by atoms with Gasteiger partial charge in [-0.2, -0.15) is 5.10 Å². The van der Waals surface area contributed by atoms with Crippen LogP contribution in [-0.4, -0.2) is 16.3 Å². The summed E-state index contributed by atoms with van der Waals surface area (Å²) in [4.78, 5) is 4.46. The number of nitrogens with one attached hydrogen (secondary N) is 1. The molecule has 0 saturated heterocycles. The molecule has 122 valence electrons. The minimum Gasteiger partial charge on any atom is -0.506 e. The molecule has 8 heteroatoms. The van der Waals surface area contributed by atoms with Crippen LogP contribution in [0.1, 0.15) is 5.56 Å². The van der Waals surface area contributed by atoms with E-state index in [1.807, 2.05) is 29.6 Å². The van der Waals surface area contributed by atoms with E-state index in [0.29, 0.717) is 15.7 Å². The van der Waals surface area contributed by atoms with Gasteiger partial charge in [0, 0.05) is 26.0 Å². The summed E-state index contributed by atoms with van der Waals surface area (Å²) in [5.74, 6) is -0.0682. The lowest BCUT2D eigenvalue weighted by atomic mass is 10.2. The Hall–Kier alpha value is -1.60. The topological polar surface area (TPSA) is 57.5 Å². The molecule has 0 amide bonds. The minimum atomic E-state index is -0.0682. The van der Waals surface area contributed by atoms with E-state index in [4.69, 9.17) is 23.2 Å². The molecule has 1 heterocycles. The van der Waals surface area contributed by atoms with Gasteiger partial charge in [-0.05, 0) is 24.3 Å². The third-order valence-corrected chi connectivity index (χ3v) is 4.85. The van der Waals surface area contributed by atoms with Gasteiger partial charge >= 0.3 is 0 Å². The van der Waals surface area contributed by atoms with Gasteiger partial charge in [0.1, 0.15) is 5.75 Å². The van der Waals surface area contributed by atoms with Crippen molar-refractivity contribution in [3.05, 3.63) is 61.9 Å². The van der Waals surface area contributed by atoms with Crippen LogP contribution >= 0.6 is 50.5 Å². The monoisotopic (exact) mass is 441 g/mol. The molecule has 24 heavy (non-hydrogen) atoms. The lowest BCUT2D eigenvalue weighted by Crippen LogP contribution is -1.91. The fraction of sp³-hybridized carbons (Fsp3) is 0. The molecular formula is C16H10BrCl2N3OS. The quantitative estimate of drug-likeness (QED) is 0.383. The normalized spacial score (nSPS) is 11.1. The van der Waals surface area contributed by atoms with Crippen molar-refractivity contribution in [3.8, 4) is 17.0 Å². The van der Waals surface area contributed by atoms with Crippen LogP contribution in [0, 0.1) is 0 Å². The van der Waals surface area contributed by atoms with Crippen LogP contribution in [-0.2, 0) is 0 Å². The van der Waals surface area contributed by atoms with Gasteiger partial charge < -0.3 is 5.11 Å². The first-order valence-corrected chi connectivity index (χ1v) is 9.14. The first-order chi connectivity index (χ1) is 11.5. The summed E-state index contributed by atoms with van der Waals surface area (Å²) in [5.41, 5.74) is 5.13. The second kappa shape index (κ2) is 7.53. The molecule has 0 atom stereocenters. The van der Waals surface area contributed by atoms with Gasteiger partial charge in [0.2, 0.25) is 5.13 Å². The molecule has 0 unspecified atom stereocenters. The number of hydrogen-bond donors (Lipinski definition) is 2. The summed E-state index contributed by atoms with van der Waals surface area (Å²) in [5, 5.41) is 17.1. The fourth-order valence-electron chi connectivity index (χ4n) is 1.92. The lowest BCUT2D eigenvalue weighted by molar-refractivity contribution is 0.475. The SMILES string of the molecule is Oc1c(Cl)cc(Cl)cc1C=NNc1nc(-c2ccc(Br)cc2)cs1. The van der Waals surface area contributed by atoms with Crippen molar-refractivity contribution in [1.82, 2.24) is 4.98 Å². The van der Waals surface area contributed by atoms with Crippen LogP contribution in [0.3, 0.4) is 0 Å². The smallest absolute Gasteiger partial charge is 0.203 e. The van der Waals surface area contributed by atoms with Crippen LogP contribution in [0.25, 0.3) is 11.3 Å². The van der Waals surface area contributed by atoms with Crippen molar-refractivity contribution in [2.45, 2.75) is 0 Å². The van der Waals surface area contributed by atoms with Crippen molar-refractivity contribution in [2.24, 2.45) is 5.10 Å². The Morgan fingerprint density at radius 3 is 2.71 bits per heavy atom. The third-order valence-electron chi connectivity index (χ3n) is 3.07. The van der Waals surface area contributed by atoms with Crippen molar-refractivity contribution in [1.29, 1.82) is 0 Å². The van der Waals surface area contributed by atoms with Crippen LogP contribution in [0.15, 0.2) is 51.4 Å². The maximum atomic E-state index is 9.87. The van der Waals surface area contributed by atoms with Crippen molar-refractivity contribution >= 4 is 61.8 Å². The Labute approximate surface area is 160 Å². The van der Waals surface area contributed by atoms with Gasteiger partial charge in [-0.1, -0.05) is 51.3 Å². The summed E-state index contributed by atoms with van der Waals surface area (Å²) in [7, 11) is 0. The summed E-state index contributed by atoms with van der Waals surface area (Å²) in [6, 6.07) is 10.9. The standard InChI is InChI=1S/C16H10BrCl2N3OS/c17-11-3-1-9(2-4-11)14-8-24-16(21-14)22-20-7-10-5-12(18)6-13(19)15(10)23/h1-8,23H,(H,21,22). The molecule has 0 bridgehead atoms. The molecule has 0 fully saturated rings. The van der Waals surface area contributed by atoms with Crippen LogP contribution in [0.5, 0.6) is 5.75 Å². The van der Waals surface area contributed by atoms with E-state index in [-0.39, 0.29) is 10.8 Å².